The van der Waals surface area contributed by atoms with E-state index in [-0.39, 0.29) is 29.5 Å². The summed E-state index contributed by atoms with van der Waals surface area (Å²) in [5.74, 6) is -0.392. The van der Waals surface area contributed by atoms with Crippen LogP contribution in [0.2, 0.25) is 0 Å². The molecule has 1 saturated carbocycles. The van der Waals surface area contributed by atoms with E-state index < -0.39 is 0 Å². The predicted octanol–water partition coefficient (Wildman–Crippen LogP) is 1.60. The summed E-state index contributed by atoms with van der Waals surface area (Å²) in [5, 5.41) is 0. The third kappa shape index (κ3) is 4.51. The van der Waals surface area contributed by atoms with Crippen molar-refractivity contribution in [1.82, 2.24) is 15.8 Å². The number of halogens is 1. The van der Waals surface area contributed by atoms with E-state index in [2.05, 4.69) is 15.8 Å². The van der Waals surface area contributed by atoms with Crippen molar-refractivity contribution in [3.05, 3.63) is 35.6 Å². The standard InChI is InChI=1S/C17H22FN3O2/c18-15-3-1-2-12(10-15)11-21-8-6-14(7-9-21)17(23)20-19-16(22)13-4-5-13/h1-3,10,13-14H,4-9,11H2,(H,19,22)(H,20,23). The largest absolute Gasteiger partial charge is 0.299 e. The van der Waals surface area contributed by atoms with Crippen LogP contribution in [0.3, 0.4) is 0 Å². The van der Waals surface area contributed by atoms with E-state index in [1.165, 1.54) is 6.07 Å². The lowest BCUT2D eigenvalue weighted by Crippen LogP contribution is -2.47. The van der Waals surface area contributed by atoms with Crippen molar-refractivity contribution in [2.75, 3.05) is 13.1 Å². The number of hydrazine groups is 1. The number of hydrogen-bond donors (Lipinski definition) is 2. The average Bonchev–Trinajstić information content (AvgIpc) is 3.38. The molecule has 3 rings (SSSR count). The van der Waals surface area contributed by atoms with Crippen LogP contribution in [0.4, 0.5) is 4.39 Å². The van der Waals surface area contributed by atoms with E-state index in [0.717, 1.165) is 44.3 Å². The van der Waals surface area contributed by atoms with Gasteiger partial charge in [-0.05, 0) is 56.5 Å². The Hall–Kier alpha value is -1.95. The Kier molecular flexibility index (Phi) is 4.91. The molecule has 0 unspecified atom stereocenters. The van der Waals surface area contributed by atoms with Gasteiger partial charge in [-0.2, -0.15) is 0 Å². The Morgan fingerprint density at radius 1 is 1.04 bits per heavy atom. The summed E-state index contributed by atoms with van der Waals surface area (Å²) in [6.45, 7) is 2.29. The first kappa shape index (κ1) is 15.9. The number of benzene rings is 1. The number of carbonyl (C=O) groups is 2. The van der Waals surface area contributed by atoms with Crippen LogP contribution in [0, 0.1) is 17.7 Å². The molecule has 1 aromatic carbocycles. The zero-order chi connectivity index (χ0) is 16.2. The molecule has 6 heteroatoms. The van der Waals surface area contributed by atoms with E-state index in [4.69, 9.17) is 0 Å². The van der Waals surface area contributed by atoms with Crippen molar-refractivity contribution in [2.24, 2.45) is 11.8 Å². The molecule has 0 aromatic heterocycles. The lowest BCUT2D eigenvalue weighted by molar-refractivity contribution is -0.132. The Labute approximate surface area is 135 Å². The van der Waals surface area contributed by atoms with Crippen LogP contribution in [0.25, 0.3) is 0 Å². The van der Waals surface area contributed by atoms with Gasteiger partial charge in [-0.1, -0.05) is 12.1 Å². The molecule has 5 nitrogen and oxygen atoms in total. The smallest absolute Gasteiger partial charge is 0.241 e. The van der Waals surface area contributed by atoms with Gasteiger partial charge in [-0.3, -0.25) is 25.3 Å². The number of piperidine rings is 1. The number of rotatable bonds is 4. The van der Waals surface area contributed by atoms with Gasteiger partial charge in [-0.25, -0.2) is 4.39 Å². The summed E-state index contributed by atoms with van der Waals surface area (Å²) in [4.78, 5) is 25.8. The van der Waals surface area contributed by atoms with Gasteiger partial charge in [0.2, 0.25) is 11.8 Å². The summed E-state index contributed by atoms with van der Waals surface area (Å²) in [5.41, 5.74) is 5.99. The van der Waals surface area contributed by atoms with Crippen LogP contribution in [0.5, 0.6) is 0 Å². The number of likely N-dealkylation sites (tertiary alicyclic amines) is 1. The number of hydrogen-bond acceptors (Lipinski definition) is 3. The van der Waals surface area contributed by atoms with Gasteiger partial charge < -0.3 is 0 Å². The fraction of sp³-hybridized carbons (Fsp3) is 0.529. The lowest BCUT2D eigenvalue weighted by Gasteiger charge is -2.31. The highest BCUT2D eigenvalue weighted by molar-refractivity contribution is 5.85. The SMILES string of the molecule is O=C(NNC(=O)C1CCN(Cc2cccc(F)c2)CC1)C1CC1. The molecule has 0 spiro atoms. The maximum Gasteiger partial charge on any atom is 0.241 e. The first-order valence-electron chi connectivity index (χ1n) is 8.18. The van der Waals surface area contributed by atoms with Crippen molar-refractivity contribution in [1.29, 1.82) is 0 Å². The Bertz CT molecular complexity index is 581. The van der Waals surface area contributed by atoms with Crippen LogP contribution in [0.15, 0.2) is 24.3 Å². The first-order chi connectivity index (χ1) is 11.1. The summed E-state index contributed by atoms with van der Waals surface area (Å²) in [6, 6.07) is 6.62. The van der Waals surface area contributed by atoms with Gasteiger partial charge in [0.25, 0.3) is 0 Å². The van der Waals surface area contributed by atoms with E-state index in [1.54, 1.807) is 12.1 Å². The topological polar surface area (TPSA) is 61.4 Å². The number of nitrogens with one attached hydrogen (secondary N) is 2. The minimum absolute atomic E-state index is 0.0711. The number of amides is 2. The molecule has 2 aliphatic rings. The van der Waals surface area contributed by atoms with Gasteiger partial charge in [-0.15, -0.1) is 0 Å². The molecule has 1 aromatic rings. The highest BCUT2D eigenvalue weighted by atomic mass is 19.1. The van der Waals surface area contributed by atoms with E-state index >= 15 is 0 Å². The minimum Gasteiger partial charge on any atom is -0.299 e. The summed E-state index contributed by atoms with van der Waals surface area (Å²) < 4.78 is 13.2. The normalized spacial score (nSPS) is 19.3. The van der Waals surface area contributed by atoms with Crippen molar-refractivity contribution >= 4 is 11.8 Å². The van der Waals surface area contributed by atoms with Crippen LogP contribution in [0.1, 0.15) is 31.2 Å². The lowest BCUT2D eigenvalue weighted by atomic mass is 9.96. The van der Waals surface area contributed by atoms with Gasteiger partial charge in [0, 0.05) is 18.4 Å². The molecular formula is C17H22FN3O2. The maximum absolute atomic E-state index is 13.2. The Morgan fingerprint density at radius 3 is 2.22 bits per heavy atom. The van der Waals surface area contributed by atoms with Gasteiger partial charge in [0.15, 0.2) is 0 Å². The quantitative estimate of drug-likeness (QED) is 0.829. The molecular weight excluding hydrogens is 297 g/mol. The van der Waals surface area contributed by atoms with Crippen LogP contribution in [-0.4, -0.2) is 29.8 Å². The fourth-order valence-electron chi connectivity index (χ4n) is 2.92. The second-order valence-electron chi connectivity index (χ2n) is 6.43. The summed E-state index contributed by atoms with van der Waals surface area (Å²) in [6.07, 6.45) is 3.33. The first-order valence-corrected chi connectivity index (χ1v) is 8.18. The molecule has 1 saturated heterocycles. The third-order valence-corrected chi connectivity index (χ3v) is 4.51. The molecule has 1 aliphatic carbocycles. The number of carbonyl (C=O) groups excluding carboxylic acids is 2. The molecule has 124 valence electrons. The zero-order valence-corrected chi connectivity index (χ0v) is 13.1. The molecule has 0 bridgehead atoms. The highest BCUT2D eigenvalue weighted by Crippen LogP contribution is 2.28. The second-order valence-corrected chi connectivity index (χ2v) is 6.43. The van der Waals surface area contributed by atoms with E-state index in [9.17, 15) is 14.0 Å². The van der Waals surface area contributed by atoms with E-state index in [1.807, 2.05) is 6.07 Å². The molecule has 1 aliphatic heterocycles. The van der Waals surface area contributed by atoms with E-state index in [0.29, 0.717) is 6.54 Å². The zero-order valence-electron chi connectivity index (χ0n) is 13.1. The Morgan fingerprint density at radius 2 is 1.65 bits per heavy atom. The Balaban J connectivity index is 1.40. The second kappa shape index (κ2) is 7.08. The third-order valence-electron chi connectivity index (χ3n) is 4.51. The molecule has 23 heavy (non-hydrogen) atoms. The van der Waals surface area contributed by atoms with Crippen molar-refractivity contribution in [3.8, 4) is 0 Å². The molecule has 2 N–H and O–H groups in total. The molecule has 2 fully saturated rings. The molecule has 2 amide bonds. The van der Waals surface area contributed by atoms with Gasteiger partial charge >= 0.3 is 0 Å². The number of nitrogens with zero attached hydrogens (tertiary/aromatic N) is 1. The van der Waals surface area contributed by atoms with Gasteiger partial charge in [0.05, 0.1) is 0 Å². The van der Waals surface area contributed by atoms with Crippen molar-refractivity contribution < 1.29 is 14.0 Å². The van der Waals surface area contributed by atoms with Crippen molar-refractivity contribution in [2.45, 2.75) is 32.2 Å². The molecule has 0 radical (unpaired) electrons. The van der Waals surface area contributed by atoms with Crippen molar-refractivity contribution in [3.63, 3.8) is 0 Å². The fourth-order valence-corrected chi connectivity index (χ4v) is 2.92. The van der Waals surface area contributed by atoms with Crippen LogP contribution >= 0.6 is 0 Å². The predicted molar refractivity (Wildman–Crippen MR) is 83.4 cm³/mol. The average molecular weight is 319 g/mol. The minimum atomic E-state index is -0.219. The van der Waals surface area contributed by atoms with Crippen LogP contribution < -0.4 is 10.9 Å². The monoisotopic (exact) mass is 319 g/mol. The molecule has 0 atom stereocenters. The maximum atomic E-state index is 13.2. The van der Waals surface area contributed by atoms with Gasteiger partial charge in [0.1, 0.15) is 5.82 Å². The summed E-state index contributed by atoms with van der Waals surface area (Å²) in [7, 11) is 0. The van der Waals surface area contributed by atoms with Crippen LogP contribution in [-0.2, 0) is 16.1 Å². The molecule has 1 heterocycles. The highest BCUT2D eigenvalue weighted by Gasteiger charge is 2.31. The summed E-state index contributed by atoms with van der Waals surface area (Å²) >= 11 is 0.